The summed E-state index contributed by atoms with van der Waals surface area (Å²) >= 11 is 1.75. The standard InChI is InChI=1S/C19H29N5S.HI/c1-5-20-19(21-12-11-18-22-14-16(3)25-18)23-13-15(2)24(4)17-9-7-6-8-10-17;/h6-10,14-15H,5,11-13H2,1-4H3,(H2,20,21,23);1H. The number of benzene rings is 1. The highest BCUT2D eigenvalue weighted by molar-refractivity contribution is 14.0. The number of aliphatic imine (C=N–C) groups is 1. The molecular weight excluding hydrogens is 457 g/mol. The number of thiazole rings is 1. The Morgan fingerprint density at radius 1 is 1.27 bits per heavy atom. The number of likely N-dealkylation sites (N-methyl/N-ethyl adjacent to an activating group) is 1. The van der Waals surface area contributed by atoms with Crippen LogP contribution in [0.2, 0.25) is 0 Å². The second-order valence-electron chi connectivity index (χ2n) is 6.06. The Balaban J connectivity index is 0.00000338. The Hall–Kier alpha value is -1.35. The summed E-state index contributed by atoms with van der Waals surface area (Å²) < 4.78 is 0. The predicted molar refractivity (Wildman–Crippen MR) is 124 cm³/mol. The van der Waals surface area contributed by atoms with Crippen LogP contribution in [0.5, 0.6) is 0 Å². The van der Waals surface area contributed by atoms with Crippen LogP contribution in [0.3, 0.4) is 0 Å². The fourth-order valence-corrected chi connectivity index (χ4v) is 3.20. The molecule has 5 nitrogen and oxygen atoms in total. The van der Waals surface area contributed by atoms with Gasteiger partial charge in [0, 0.05) is 49.4 Å². The van der Waals surface area contributed by atoms with E-state index >= 15 is 0 Å². The van der Waals surface area contributed by atoms with E-state index in [2.05, 4.69) is 72.6 Å². The molecule has 1 aromatic carbocycles. The molecule has 2 N–H and O–H groups in total. The van der Waals surface area contributed by atoms with E-state index in [1.165, 1.54) is 10.6 Å². The molecule has 26 heavy (non-hydrogen) atoms. The van der Waals surface area contributed by atoms with Crippen LogP contribution in [0.1, 0.15) is 23.7 Å². The first-order valence-corrected chi connectivity index (χ1v) is 9.63. The largest absolute Gasteiger partial charge is 0.370 e. The average Bonchev–Trinajstić information content (AvgIpc) is 3.04. The Bertz CT molecular complexity index is 659. The van der Waals surface area contributed by atoms with Crippen molar-refractivity contribution >= 4 is 47.0 Å². The van der Waals surface area contributed by atoms with E-state index in [0.717, 1.165) is 37.0 Å². The molecule has 0 spiro atoms. The monoisotopic (exact) mass is 487 g/mol. The Morgan fingerprint density at radius 3 is 2.62 bits per heavy atom. The van der Waals surface area contributed by atoms with Gasteiger partial charge in [-0.3, -0.25) is 4.99 Å². The van der Waals surface area contributed by atoms with Gasteiger partial charge in [0.05, 0.1) is 11.6 Å². The molecule has 1 atom stereocenters. The number of hydrogen-bond donors (Lipinski definition) is 2. The summed E-state index contributed by atoms with van der Waals surface area (Å²) in [6.45, 7) is 8.79. The van der Waals surface area contributed by atoms with Gasteiger partial charge in [-0.2, -0.15) is 0 Å². The van der Waals surface area contributed by atoms with Crippen molar-refractivity contribution in [2.75, 3.05) is 31.6 Å². The van der Waals surface area contributed by atoms with E-state index in [1.807, 2.05) is 12.3 Å². The molecule has 0 amide bonds. The minimum atomic E-state index is 0. The van der Waals surface area contributed by atoms with E-state index in [-0.39, 0.29) is 24.0 Å². The number of halogens is 1. The number of rotatable bonds is 8. The van der Waals surface area contributed by atoms with Crippen LogP contribution in [0, 0.1) is 6.92 Å². The topological polar surface area (TPSA) is 52.6 Å². The van der Waals surface area contributed by atoms with E-state index in [4.69, 9.17) is 4.99 Å². The van der Waals surface area contributed by atoms with Crippen molar-refractivity contribution in [3.05, 3.63) is 46.4 Å². The molecule has 0 aliphatic rings. The summed E-state index contributed by atoms with van der Waals surface area (Å²) in [5.74, 6) is 0.865. The van der Waals surface area contributed by atoms with Gasteiger partial charge in [0.15, 0.2) is 5.96 Å². The highest BCUT2D eigenvalue weighted by Crippen LogP contribution is 2.14. The normalized spacial score (nSPS) is 12.2. The summed E-state index contributed by atoms with van der Waals surface area (Å²) in [5.41, 5.74) is 1.21. The van der Waals surface area contributed by atoms with Crippen molar-refractivity contribution in [2.45, 2.75) is 33.2 Å². The van der Waals surface area contributed by atoms with E-state index in [9.17, 15) is 0 Å². The summed E-state index contributed by atoms with van der Waals surface area (Å²) in [7, 11) is 2.11. The molecule has 0 bridgehead atoms. The zero-order valence-electron chi connectivity index (χ0n) is 16.0. The number of aromatic nitrogens is 1. The third-order valence-corrected chi connectivity index (χ3v) is 4.96. The first-order valence-electron chi connectivity index (χ1n) is 8.81. The van der Waals surface area contributed by atoms with Gasteiger partial charge in [-0.25, -0.2) is 4.98 Å². The number of anilines is 1. The van der Waals surface area contributed by atoms with Crippen molar-refractivity contribution in [2.24, 2.45) is 4.99 Å². The summed E-state index contributed by atoms with van der Waals surface area (Å²) in [5, 5.41) is 7.88. The van der Waals surface area contributed by atoms with Crippen molar-refractivity contribution < 1.29 is 0 Å². The highest BCUT2D eigenvalue weighted by Gasteiger charge is 2.09. The SMILES string of the molecule is CCNC(=NCC(C)N(C)c1ccccc1)NCCc1ncc(C)s1.I. The molecule has 0 fully saturated rings. The first kappa shape index (κ1) is 22.7. The van der Waals surface area contributed by atoms with Crippen molar-refractivity contribution in [3.63, 3.8) is 0 Å². The molecule has 144 valence electrons. The predicted octanol–water partition coefficient (Wildman–Crippen LogP) is 3.69. The number of hydrogen-bond acceptors (Lipinski definition) is 4. The van der Waals surface area contributed by atoms with Gasteiger partial charge >= 0.3 is 0 Å². The maximum absolute atomic E-state index is 4.73. The number of nitrogens with zero attached hydrogens (tertiary/aromatic N) is 3. The summed E-state index contributed by atoms with van der Waals surface area (Å²) in [4.78, 5) is 12.6. The molecule has 1 aromatic heterocycles. The second kappa shape index (κ2) is 12.1. The van der Waals surface area contributed by atoms with Crippen LogP contribution in [-0.4, -0.2) is 43.7 Å². The van der Waals surface area contributed by atoms with Gasteiger partial charge in [0.2, 0.25) is 0 Å². The highest BCUT2D eigenvalue weighted by atomic mass is 127. The lowest BCUT2D eigenvalue weighted by Gasteiger charge is -2.26. The van der Waals surface area contributed by atoms with Gasteiger partial charge in [-0.1, -0.05) is 18.2 Å². The lowest BCUT2D eigenvalue weighted by Crippen LogP contribution is -2.40. The zero-order chi connectivity index (χ0) is 18.1. The van der Waals surface area contributed by atoms with Gasteiger partial charge in [-0.15, -0.1) is 35.3 Å². The maximum atomic E-state index is 4.73. The van der Waals surface area contributed by atoms with Crippen molar-refractivity contribution in [1.82, 2.24) is 15.6 Å². The molecule has 2 rings (SSSR count). The molecule has 0 aliphatic heterocycles. The van der Waals surface area contributed by atoms with Crippen LogP contribution in [0.25, 0.3) is 0 Å². The number of para-hydroxylation sites is 1. The first-order chi connectivity index (χ1) is 12.1. The molecule has 2 aromatic rings. The van der Waals surface area contributed by atoms with Gasteiger partial charge in [0.25, 0.3) is 0 Å². The minimum absolute atomic E-state index is 0. The third kappa shape index (κ3) is 7.49. The van der Waals surface area contributed by atoms with Gasteiger partial charge < -0.3 is 15.5 Å². The van der Waals surface area contributed by atoms with E-state index in [0.29, 0.717) is 6.04 Å². The second-order valence-corrected chi connectivity index (χ2v) is 7.38. The van der Waals surface area contributed by atoms with Crippen LogP contribution < -0.4 is 15.5 Å². The van der Waals surface area contributed by atoms with Crippen LogP contribution >= 0.6 is 35.3 Å². The van der Waals surface area contributed by atoms with Crippen LogP contribution in [0.4, 0.5) is 5.69 Å². The number of guanidine groups is 1. The summed E-state index contributed by atoms with van der Waals surface area (Å²) in [6, 6.07) is 10.7. The fourth-order valence-electron chi connectivity index (χ4n) is 2.41. The van der Waals surface area contributed by atoms with Crippen molar-refractivity contribution in [1.29, 1.82) is 0 Å². The molecule has 0 saturated heterocycles. The molecular formula is C19H30IN5S. The number of aryl methyl sites for hydroxylation is 1. The fraction of sp³-hybridized carbons (Fsp3) is 0.474. The summed E-state index contributed by atoms with van der Waals surface area (Å²) in [6.07, 6.45) is 2.85. The Kier molecular flexibility index (Phi) is 10.6. The maximum Gasteiger partial charge on any atom is 0.191 e. The smallest absolute Gasteiger partial charge is 0.191 e. The molecule has 0 saturated carbocycles. The molecule has 1 unspecified atom stereocenters. The number of nitrogens with one attached hydrogen (secondary N) is 2. The zero-order valence-corrected chi connectivity index (χ0v) is 19.2. The van der Waals surface area contributed by atoms with E-state index in [1.54, 1.807) is 11.3 Å². The van der Waals surface area contributed by atoms with Crippen LogP contribution in [-0.2, 0) is 6.42 Å². The molecule has 1 heterocycles. The van der Waals surface area contributed by atoms with Gasteiger partial charge in [-0.05, 0) is 32.9 Å². The van der Waals surface area contributed by atoms with E-state index < -0.39 is 0 Å². The molecule has 0 radical (unpaired) electrons. The lowest BCUT2D eigenvalue weighted by molar-refractivity contribution is 0.686. The quantitative estimate of drug-likeness (QED) is 0.339. The van der Waals surface area contributed by atoms with Gasteiger partial charge in [0.1, 0.15) is 0 Å². The minimum Gasteiger partial charge on any atom is -0.370 e. The molecule has 0 aliphatic carbocycles. The van der Waals surface area contributed by atoms with Crippen molar-refractivity contribution in [3.8, 4) is 0 Å². The molecule has 7 heteroatoms. The Morgan fingerprint density at radius 2 is 2.00 bits per heavy atom. The third-order valence-electron chi connectivity index (χ3n) is 3.98. The lowest BCUT2D eigenvalue weighted by atomic mass is 10.2. The Labute approximate surface area is 178 Å². The van der Waals surface area contributed by atoms with Crippen LogP contribution in [0.15, 0.2) is 41.5 Å². The average molecular weight is 487 g/mol.